The number of furan rings is 1. The van der Waals surface area contributed by atoms with Crippen molar-refractivity contribution in [2.75, 3.05) is 4.90 Å². The molecule has 0 atom stereocenters. The third-order valence-electron chi connectivity index (χ3n) is 13.5. The average molecular weight is 802 g/mol. The first kappa shape index (κ1) is 35.5. The Bertz CT molecular complexity index is 3530. The number of nitrogens with zero attached hydrogens (tertiary/aromatic N) is 1. The summed E-state index contributed by atoms with van der Waals surface area (Å²) in [6.07, 6.45) is 0. The van der Waals surface area contributed by atoms with E-state index in [1.807, 2.05) is 12.1 Å². The Morgan fingerprint density at radius 2 is 0.810 bits per heavy atom. The number of rotatable bonds is 6. The van der Waals surface area contributed by atoms with E-state index in [-0.39, 0.29) is 0 Å². The summed E-state index contributed by atoms with van der Waals surface area (Å²) < 4.78 is 6.29. The van der Waals surface area contributed by atoms with Gasteiger partial charge in [0.1, 0.15) is 11.2 Å². The van der Waals surface area contributed by atoms with E-state index in [2.05, 4.69) is 229 Å². The quantitative estimate of drug-likeness (QED) is 0.167. The second-order valence-corrected chi connectivity index (χ2v) is 16.7. The first-order chi connectivity index (χ1) is 31.3. The highest BCUT2D eigenvalue weighted by atomic mass is 16.3. The molecule has 13 rings (SSSR count). The first-order valence-corrected chi connectivity index (χ1v) is 21.8. The zero-order valence-corrected chi connectivity index (χ0v) is 34.4. The van der Waals surface area contributed by atoms with Gasteiger partial charge in [-0.15, -0.1) is 0 Å². The van der Waals surface area contributed by atoms with Crippen molar-refractivity contribution in [1.29, 1.82) is 0 Å². The van der Waals surface area contributed by atoms with Crippen LogP contribution in [0.2, 0.25) is 0 Å². The first-order valence-electron chi connectivity index (χ1n) is 21.8. The minimum atomic E-state index is -0.392. The maximum atomic E-state index is 6.29. The summed E-state index contributed by atoms with van der Waals surface area (Å²) in [4.78, 5) is 2.39. The van der Waals surface area contributed by atoms with Crippen molar-refractivity contribution in [1.82, 2.24) is 0 Å². The smallest absolute Gasteiger partial charge is 0.135 e. The van der Waals surface area contributed by atoms with Crippen LogP contribution in [0.25, 0.3) is 77.6 Å². The van der Waals surface area contributed by atoms with Crippen molar-refractivity contribution in [3.8, 4) is 55.6 Å². The second kappa shape index (κ2) is 13.9. The second-order valence-electron chi connectivity index (χ2n) is 16.7. The fourth-order valence-corrected chi connectivity index (χ4v) is 10.9. The summed E-state index contributed by atoms with van der Waals surface area (Å²) in [5, 5.41) is 2.21. The molecule has 63 heavy (non-hydrogen) atoms. The van der Waals surface area contributed by atoms with Crippen molar-refractivity contribution >= 4 is 39.0 Å². The predicted molar refractivity (Wildman–Crippen MR) is 261 cm³/mol. The van der Waals surface area contributed by atoms with Gasteiger partial charge in [-0.25, -0.2) is 0 Å². The molecule has 1 aromatic heterocycles. The monoisotopic (exact) mass is 801 g/mol. The minimum Gasteiger partial charge on any atom is -0.456 e. The van der Waals surface area contributed by atoms with E-state index < -0.39 is 5.41 Å². The molecule has 0 fully saturated rings. The number of benzene rings is 10. The molecule has 11 aromatic rings. The summed E-state index contributed by atoms with van der Waals surface area (Å²) in [5.41, 5.74) is 22.4. The standard InChI is InChI=1S/C61H39NO/c1-2-17-40(18-3-1)45-20-9-14-31-57(45)62(43-37-38-59-52(39-43)49-24-10-15-32-58(49)63-59)42-35-33-41(34-36-42)44-19-4-5-21-46(44)50-26-16-30-56-60(50)51-25-8-13-29-55(51)61(56)53-27-11-6-22-47(53)48-23-7-12-28-54(48)61/h1-39H. The SMILES string of the molecule is c1ccc(-c2ccccc2N(c2ccc(-c3ccccc3-c3cccc4c3-c3ccccc3C43c4ccccc4-c4ccccc43)cc2)c2ccc3oc4ccccc4c3c2)cc1. The molecule has 0 bridgehead atoms. The molecule has 294 valence electrons. The van der Waals surface area contributed by atoms with Gasteiger partial charge in [-0.05, 0) is 115 Å². The van der Waals surface area contributed by atoms with Crippen molar-refractivity contribution in [3.05, 3.63) is 259 Å². The van der Waals surface area contributed by atoms with Gasteiger partial charge in [0.05, 0.1) is 11.1 Å². The molecule has 2 aliphatic rings. The summed E-state index contributed by atoms with van der Waals surface area (Å²) in [5.74, 6) is 0. The number of fused-ring (bicyclic) bond motifs is 13. The molecular formula is C61H39NO. The average Bonchev–Trinajstić information content (AvgIpc) is 3.99. The van der Waals surface area contributed by atoms with Gasteiger partial charge in [-0.3, -0.25) is 0 Å². The fraction of sp³-hybridized carbons (Fsp3) is 0.0164. The van der Waals surface area contributed by atoms with E-state index in [1.165, 1.54) is 66.8 Å². The normalized spacial score (nSPS) is 12.9. The highest BCUT2D eigenvalue weighted by Gasteiger charge is 2.52. The topological polar surface area (TPSA) is 16.4 Å². The molecular weight excluding hydrogens is 763 g/mol. The summed E-state index contributed by atoms with van der Waals surface area (Å²) >= 11 is 0. The highest BCUT2D eigenvalue weighted by Crippen LogP contribution is 2.64. The molecule has 1 heterocycles. The molecule has 2 nitrogen and oxygen atoms in total. The Kier molecular flexibility index (Phi) is 7.85. The van der Waals surface area contributed by atoms with E-state index in [9.17, 15) is 0 Å². The third kappa shape index (κ3) is 5.19. The molecule has 2 heteroatoms. The van der Waals surface area contributed by atoms with Crippen molar-refractivity contribution < 1.29 is 4.42 Å². The van der Waals surface area contributed by atoms with Crippen LogP contribution >= 0.6 is 0 Å². The van der Waals surface area contributed by atoms with E-state index in [0.717, 1.165) is 50.1 Å². The van der Waals surface area contributed by atoms with E-state index in [0.29, 0.717) is 0 Å². The molecule has 0 aliphatic heterocycles. The molecule has 2 aliphatic carbocycles. The van der Waals surface area contributed by atoms with Crippen LogP contribution < -0.4 is 4.90 Å². The Morgan fingerprint density at radius 1 is 0.302 bits per heavy atom. The van der Waals surface area contributed by atoms with Crippen LogP contribution in [0.5, 0.6) is 0 Å². The largest absolute Gasteiger partial charge is 0.456 e. The fourth-order valence-electron chi connectivity index (χ4n) is 10.9. The molecule has 0 unspecified atom stereocenters. The van der Waals surface area contributed by atoms with Gasteiger partial charge in [0.25, 0.3) is 0 Å². The van der Waals surface area contributed by atoms with Crippen LogP contribution in [0.15, 0.2) is 241 Å². The van der Waals surface area contributed by atoms with Gasteiger partial charge in [-0.2, -0.15) is 0 Å². The Balaban J connectivity index is 0.972. The van der Waals surface area contributed by atoms with Gasteiger partial charge in [-0.1, -0.05) is 194 Å². The van der Waals surface area contributed by atoms with Crippen molar-refractivity contribution in [2.24, 2.45) is 0 Å². The Morgan fingerprint density at radius 3 is 1.56 bits per heavy atom. The third-order valence-corrected chi connectivity index (χ3v) is 13.5. The summed E-state index contributed by atoms with van der Waals surface area (Å²) in [6.45, 7) is 0. The Labute approximate surface area is 366 Å². The molecule has 0 radical (unpaired) electrons. The summed E-state index contributed by atoms with van der Waals surface area (Å²) in [6, 6.07) is 86.4. The maximum absolute atomic E-state index is 6.29. The lowest BCUT2D eigenvalue weighted by atomic mass is 9.70. The van der Waals surface area contributed by atoms with Crippen LogP contribution in [0.1, 0.15) is 22.3 Å². The zero-order chi connectivity index (χ0) is 41.5. The Hall–Kier alpha value is -8.20. The minimum absolute atomic E-state index is 0.392. The molecule has 10 aromatic carbocycles. The number of anilines is 3. The van der Waals surface area contributed by atoms with Crippen LogP contribution in [0.4, 0.5) is 17.1 Å². The van der Waals surface area contributed by atoms with Crippen molar-refractivity contribution in [2.45, 2.75) is 5.41 Å². The highest BCUT2D eigenvalue weighted by molar-refractivity contribution is 6.07. The van der Waals surface area contributed by atoms with Crippen LogP contribution in [0.3, 0.4) is 0 Å². The lowest BCUT2D eigenvalue weighted by molar-refractivity contribution is 0.669. The molecule has 0 N–H and O–H groups in total. The van der Waals surface area contributed by atoms with Gasteiger partial charge in [0, 0.05) is 27.7 Å². The zero-order valence-electron chi connectivity index (χ0n) is 34.4. The number of hydrogen-bond donors (Lipinski definition) is 0. The van der Waals surface area contributed by atoms with E-state index >= 15 is 0 Å². The summed E-state index contributed by atoms with van der Waals surface area (Å²) in [7, 11) is 0. The van der Waals surface area contributed by atoms with Crippen LogP contribution in [-0.2, 0) is 5.41 Å². The number of para-hydroxylation sites is 2. The lowest BCUT2D eigenvalue weighted by Crippen LogP contribution is -2.25. The van der Waals surface area contributed by atoms with Gasteiger partial charge >= 0.3 is 0 Å². The predicted octanol–water partition coefficient (Wildman–Crippen LogP) is 16.4. The van der Waals surface area contributed by atoms with Crippen LogP contribution in [-0.4, -0.2) is 0 Å². The number of hydrogen-bond acceptors (Lipinski definition) is 2. The van der Waals surface area contributed by atoms with Gasteiger partial charge in [0.15, 0.2) is 0 Å². The molecule has 0 amide bonds. The van der Waals surface area contributed by atoms with E-state index in [4.69, 9.17) is 4.42 Å². The lowest BCUT2D eigenvalue weighted by Gasteiger charge is -2.30. The van der Waals surface area contributed by atoms with Crippen LogP contribution in [0, 0.1) is 0 Å². The van der Waals surface area contributed by atoms with E-state index in [1.54, 1.807) is 0 Å². The van der Waals surface area contributed by atoms with Gasteiger partial charge < -0.3 is 9.32 Å². The molecule has 0 saturated heterocycles. The molecule has 1 spiro atoms. The molecule has 0 saturated carbocycles. The van der Waals surface area contributed by atoms with Gasteiger partial charge in [0.2, 0.25) is 0 Å². The maximum Gasteiger partial charge on any atom is 0.135 e. The van der Waals surface area contributed by atoms with Crippen molar-refractivity contribution in [3.63, 3.8) is 0 Å².